The highest BCUT2D eigenvalue weighted by Gasteiger charge is 2.27. The fourth-order valence-electron chi connectivity index (χ4n) is 2.53. The number of nitrogens with zero attached hydrogens (tertiary/aromatic N) is 4. The number of aromatic nitrogens is 3. The van der Waals surface area contributed by atoms with Gasteiger partial charge in [-0.2, -0.15) is 0 Å². The van der Waals surface area contributed by atoms with Gasteiger partial charge in [0.1, 0.15) is 11.8 Å². The van der Waals surface area contributed by atoms with Gasteiger partial charge < -0.3 is 14.4 Å². The van der Waals surface area contributed by atoms with Gasteiger partial charge in [0.25, 0.3) is 17.7 Å². The molecule has 0 radical (unpaired) electrons. The average Bonchev–Trinajstić information content (AvgIpc) is 3.01. The first kappa shape index (κ1) is 15.7. The summed E-state index contributed by atoms with van der Waals surface area (Å²) < 4.78 is 11.0. The van der Waals surface area contributed by atoms with Crippen LogP contribution in [0.3, 0.4) is 0 Å². The lowest BCUT2D eigenvalue weighted by atomic mass is 10.1. The molecule has 1 saturated heterocycles. The number of carbonyl (C=O) groups excluding carboxylic acids is 1. The molecule has 0 N–H and O–H groups in total. The summed E-state index contributed by atoms with van der Waals surface area (Å²) in [5.74, 6) is 0.665. The number of hydrogen-bond donors (Lipinski definition) is 0. The zero-order chi connectivity index (χ0) is 16.2. The van der Waals surface area contributed by atoms with E-state index in [-0.39, 0.29) is 12.0 Å². The largest absolute Gasteiger partial charge is 0.477 e. The Morgan fingerprint density at radius 3 is 2.83 bits per heavy atom. The second-order valence-electron chi connectivity index (χ2n) is 5.26. The van der Waals surface area contributed by atoms with Crippen molar-refractivity contribution in [3.63, 3.8) is 0 Å². The smallest absolute Gasteiger partial charge is 0.278 e. The van der Waals surface area contributed by atoms with E-state index in [1.54, 1.807) is 22.7 Å². The third-order valence-corrected chi connectivity index (χ3v) is 4.38. The molecule has 23 heavy (non-hydrogen) atoms. The number of methoxy groups -OCH3 is 1. The van der Waals surface area contributed by atoms with Gasteiger partial charge in [0.15, 0.2) is 0 Å². The molecule has 1 fully saturated rings. The third-order valence-electron chi connectivity index (χ3n) is 3.61. The van der Waals surface area contributed by atoms with Gasteiger partial charge >= 0.3 is 0 Å². The quantitative estimate of drug-likeness (QED) is 0.850. The number of hydrogen-bond acceptors (Lipinski definition) is 7. The highest BCUT2D eigenvalue weighted by molar-refractivity contribution is 7.09. The van der Waals surface area contributed by atoms with Crippen molar-refractivity contribution in [3.8, 4) is 11.8 Å². The standard InChI is InChI=1S/C15H18N4O3S/c1-10-18-12(9-23-10)15(20)19-7-3-4-11(8-19)22-14-13(21-2)16-5-6-17-14/h5-6,9,11H,3-4,7-8H2,1-2H3. The molecule has 1 aliphatic rings. The van der Waals surface area contributed by atoms with Crippen molar-refractivity contribution in [1.82, 2.24) is 19.9 Å². The Morgan fingerprint density at radius 2 is 2.13 bits per heavy atom. The summed E-state index contributed by atoms with van der Waals surface area (Å²) in [7, 11) is 1.53. The number of carbonyl (C=O) groups is 1. The van der Waals surface area contributed by atoms with Crippen LogP contribution in [0.5, 0.6) is 11.8 Å². The van der Waals surface area contributed by atoms with Crippen LogP contribution in [0.15, 0.2) is 17.8 Å². The number of ether oxygens (including phenoxy) is 2. The SMILES string of the molecule is COc1nccnc1OC1CCCN(C(=O)c2csc(C)n2)C1. The van der Waals surface area contributed by atoms with Crippen LogP contribution in [-0.2, 0) is 0 Å². The lowest BCUT2D eigenvalue weighted by Gasteiger charge is -2.32. The number of amides is 1. The van der Waals surface area contributed by atoms with E-state index in [0.29, 0.717) is 30.5 Å². The van der Waals surface area contributed by atoms with Gasteiger partial charge in [-0.3, -0.25) is 4.79 Å². The van der Waals surface area contributed by atoms with Gasteiger partial charge in [-0.1, -0.05) is 0 Å². The molecule has 0 saturated carbocycles. The minimum atomic E-state index is -0.127. The van der Waals surface area contributed by atoms with Crippen LogP contribution in [0.4, 0.5) is 0 Å². The summed E-state index contributed by atoms with van der Waals surface area (Å²) >= 11 is 1.48. The molecular weight excluding hydrogens is 316 g/mol. The van der Waals surface area contributed by atoms with Gasteiger partial charge in [-0.15, -0.1) is 11.3 Å². The molecule has 1 aliphatic heterocycles. The van der Waals surface area contributed by atoms with Gasteiger partial charge in [0.2, 0.25) is 0 Å². The van der Waals surface area contributed by atoms with Crippen LogP contribution in [-0.4, -0.2) is 52.1 Å². The van der Waals surface area contributed by atoms with Crippen LogP contribution in [0.2, 0.25) is 0 Å². The zero-order valence-corrected chi connectivity index (χ0v) is 13.9. The Morgan fingerprint density at radius 1 is 1.35 bits per heavy atom. The summed E-state index contributed by atoms with van der Waals surface area (Å²) in [6.07, 6.45) is 4.72. The summed E-state index contributed by atoms with van der Waals surface area (Å²) in [6, 6.07) is 0. The molecule has 1 unspecified atom stereocenters. The van der Waals surface area contributed by atoms with Gasteiger partial charge in [-0.25, -0.2) is 15.0 Å². The van der Waals surface area contributed by atoms with Gasteiger partial charge in [0.05, 0.1) is 18.7 Å². The first-order valence-corrected chi connectivity index (χ1v) is 8.28. The maximum Gasteiger partial charge on any atom is 0.278 e. The molecule has 0 spiro atoms. The van der Waals surface area contributed by atoms with Crippen LogP contribution >= 0.6 is 11.3 Å². The summed E-state index contributed by atoms with van der Waals surface area (Å²) in [6.45, 7) is 3.12. The molecule has 0 aliphatic carbocycles. The van der Waals surface area contributed by atoms with Crippen molar-refractivity contribution in [2.45, 2.75) is 25.9 Å². The first-order valence-electron chi connectivity index (χ1n) is 7.40. The molecule has 2 aromatic heterocycles. The normalized spacial score (nSPS) is 17.8. The van der Waals surface area contributed by atoms with Crippen LogP contribution in [0, 0.1) is 6.92 Å². The van der Waals surface area contributed by atoms with Crippen LogP contribution < -0.4 is 9.47 Å². The number of piperidine rings is 1. The van der Waals surface area contributed by atoms with Gasteiger partial charge in [0, 0.05) is 24.3 Å². The second-order valence-corrected chi connectivity index (χ2v) is 6.32. The molecule has 1 atom stereocenters. The topological polar surface area (TPSA) is 77.4 Å². The van der Waals surface area contributed by atoms with E-state index >= 15 is 0 Å². The van der Waals surface area contributed by atoms with Crippen molar-refractivity contribution >= 4 is 17.2 Å². The van der Waals surface area contributed by atoms with Crippen molar-refractivity contribution in [1.29, 1.82) is 0 Å². The first-order chi connectivity index (χ1) is 11.2. The van der Waals surface area contributed by atoms with Crippen LogP contribution in [0.25, 0.3) is 0 Å². The second kappa shape index (κ2) is 6.91. The van der Waals surface area contributed by atoms with E-state index < -0.39 is 0 Å². The predicted octanol–water partition coefficient (Wildman–Crippen LogP) is 1.93. The van der Waals surface area contributed by atoms with Crippen molar-refractivity contribution < 1.29 is 14.3 Å². The minimum absolute atomic E-state index is 0.0474. The Balaban J connectivity index is 1.67. The lowest BCUT2D eigenvalue weighted by Crippen LogP contribution is -2.44. The van der Waals surface area contributed by atoms with E-state index in [0.717, 1.165) is 17.8 Å². The minimum Gasteiger partial charge on any atom is -0.477 e. The summed E-state index contributed by atoms with van der Waals surface area (Å²) in [5, 5.41) is 2.69. The van der Waals surface area contributed by atoms with Crippen LogP contribution in [0.1, 0.15) is 28.3 Å². The van der Waals surface area contributed by atoms with E-state index in [9.17, 15) is 4.79 Å². The maximum atomic E-state index is 12.5. The Hall–Kier alpha value is -2.22. The van der Waals surface area contributed by atoms with E-state index in [4.69, 9.17) is 9.47 Å². The fraction of sp³-hybridized carbons (Fsp3) is 0.467. The van der Waals surface area contributed by atoms with E-state index in [1.807, 2.05) is 6.92 Å². The van der Waals surface area contributed by atoms with E-state index in [1.165, 1.54) is 18.4 Å². The Bertz CT molecular complexity index is 691. The number of thiazole rings is 1. The zero-order valence-electron chi connectivity index (χ0n) is 13.1. The molecule has 122 valence electrons. The number of aryl methyl sites for hydroxylation is 1. The molecule has 3 heterocycles. The highest BCUT2D eigenvalue weighted by Crippen LogP contribution is 2.24. The molecule has 7 nitrogen and oxygen atoms in total. The number of likely N-dealkylation sites (tertiary alicyclic amines) is 1. The molecule has 1 amide bonds. The Labute approximate surface area is 138 Å². The third kappa shape index (κ3) is 3.58. The van der Waals surface area contributed by atoms with Gasteiger partial charge in [-0.05, 0) is 19.8 Å². The van der Waals surface area contributed by atoms with Crippen molar-refractivity contribution in [3.05, 3.63) is 28.5 Å². The summed E-state index contributed by atoms with van der Waals surface area (Å²) in [4.78, 5) is 26.8. The van der Waals surface area contributed by atoms with E-state index in [2.05, 4.69) is 15.0 Å². The predicted molar refractivity (Wildman–Crippen MR) is 85.0 cm³/mol. The molecule has 0 aromatic carbocycles. The van der Waals surface area contributed by atoms with Crippen molar-refractivity contribution in [2.75, 3.05) is 20.2 Å². The molecule has 3 rings (SSSR count). The lowest BCUT2D eigenvalue weighted by molar-refractivity contribution is 0.0515. The van der Waals surface area contributed by atoms with Crippen molar-refractivity contribution in [2.24, 2.45) is 0 Å². The maximum absolute atomic E-state index is 12.5. The molecule has 2 aromatic rings. The monoisotopic (exact) mass is 334 g/mol. The molecule has 8 heteroatoms. The molecule has 0 bridgehead atoms. The average molecular weight is 334 g/mol. The highest BCUT2D eigenvalue weighted by atomic mass is 32.1. The molecular formula is C15H18N4O3S. The Kier molecular flexibility index (Phi) is 4.71. The summed E-state index contributed by atoms with van der Waals surface area (Å²) in [5.41, 5.74) is 0.505. The fourth-order valence-corrected chi connectivity index (χ4v) is 3.12. The number of rotatable bonds is 4.